The SMILES string of the molecule is CCC(=O)NCCC(CC)Cc1cccc(C)c1. The first-order valence-corrected chi connectivity index (χ1v) is 6.98. The van der Waals surface area contributed by atoms with Crippen LogP contribution in [-0.2, 0) is 11.2 Å². The highest BCUT2D eigenvalue weighted by Gasteiger charge is 2.08. The fraction of sp³-hybridized carbons (Fsp3) is 0.562. The molecule has 18 heavy (non-hydrogen) atoms. The Morgan fingerprint density at radius 1 is 1.33 bits per heavy atom. The van der Waals surface area contributed by atoms with E-state index in [0.717, 1.165) is 25.8 Å². The molecule has 0 bridgehead atoms. The Kier molecular flexibility index (Phi) is 6.48. The van der Waals surface area contributed by atoms with Crippen LogP contribution in [0.1, 0.15) is 44.2 Å². The maximum atomic E-state index is 11.2. The molecule has 0 aromatic heterocycles. The molecule has 1 N–H and O–H groups in total. The Bertz CT molecular complexity index is 373. The summed E-state index contributed by atoms with van der Waals surface area (Å²) in [7, 11) is 0. The molecule has 0 radical (unpaired) electrons. The molecule has 1 rings (SSSR count). The fourth-order valence-electron chi connectivity index (χ4n) is 2.16. The van der Waals surface area contributed by atoms with Crippen molar-refractivity contribution in [3.63, 3.8) is 0 Å². The molecular formula is C16H25NO. The van der Waals surface area contributed by atoms with Crippen LogP contribution in [0.2, 0.25) is 0 Å². The summed E-state index contributed by atoms with van der Waals surface area (Å²) in [5.74, 6) is 0.810. The predicted octanol–water partition coefficient (Wildman–Crippen LogP) is 3.48. The number of aryl methyl sites for hydroxylation is 1. The van der Waals surface area contributed by atoms with Gasteiger partial charge in [-0.2, -0.15) is 0 Å². The topological polar surface area (TPSA) is 29.1 Å². The van der Waals surface area contributed by atoms with Crippen molar-refractivity contribution in [2.24, 2.45) is 5.92 Å². The van der Waals surface area contributed by atoms with Gasteiger partial charge in [0.25, 0.3) is 0 Å². The lowest BCUT2D eigenvalue weighted by Gasteiger charge is -2.15. The third-order valence-corrected chi connectivity index (χ3v) is 3.38. The minimum Gasteiger partial charge on any atom is -0.356 e. The highest BCUT2D eigenvalue weighted by atomic mass is 16.1. The zero-order valence-electron chi connectivity index (χ0n) is 11.8. The molecule has 1 unspecified atom stereocenters. The number of hydrogen-bond acceptors (Lipinski definition) is 1. The van der Waals surface area contributed by atoms with Crippen molar-refractivity contribution in [1.29, 1.82) is 0 Å². The average Bonchev–Trinajstić information content (AvgIpc) is 2.37. The Labute approximate surface area is 111 Å². The molecule has 0 saturated carbocycles. The highest BCUT2D eigenvalue weighted by Crippen LogP contribution is 2.16. The first kappa shape index (κ1) is 14.7. The molecule has 0 fully saturated rings. The van der Waals surface area contributed by atoms with Crippen molar-refractivity contribution in [2.75, 3.05) is 6.54 Å². The Morgan fingerprint density at radius 2 is 2.11 bits per heavy atom. The van der Waals surface area contributed by atoms with Crippen LogP contribution in [0.25, 0.3) is 0 Å². The van der Waals surface area contributed by atoms with Crippen molar-refractivity contribution in [3.05, 3.63) is 35.4 Å². The van der Waals surface area contributed by atoms with Crippen molar-refractivity contribution in [2.45, 2.75) is 46.5 Å². The third kappa shape index (κ3) is 5.35. The minimum absolute atomic E-state index is 0.153. The summed E-state index contributed by atoms with van der Waals surface area (Å²) in [5, 5.41) is 2.96. The maximum absolute atomic E-state index is 11.2. The van der Waals surface area contributed by atoms with Gasteiger partial charge < -0.3 is 5.32 Å². The van der Waals surface area contributed by atoms with E-state index in [1.54, 1.807) is 0 Å². The number of benzene rings is 1. The third-order valence-electron chi connectivity index (χ3n) is 3.38. The summed E-state index contributed by atoms with van der Waals surface area (Å²) >= 11 is 0. The lowest BCUT2D eigenvalue weighted by atomic mass is 9.93. The van der Waals surface area contributed by atoms with E-state index < -0.39 is 0 Å². The summed E-state index contributed by atoms with van der Waals surface area (Å²) in [6.45, 7) is 7.05. The molecule has 1 amide bonds. The van der Waals surface area contributed by atoms with Gasteiger partial charge in [0.15, 0.2) is 0 Å². The van der Waals surface area contributed by atoms with E-state index in [2.05, 4.69) is 43.4 Å². The second-order valence-corrected chi connectivity index (χ2v) is 4.96. The molecular weight excluding hydrogens is 222 g/mol. The lowest BCUT2D eigenvalue weighted by Crippen LogP contribution is -2.25. The molecule has 0 aliphatic carbocycles. The number of hydrogen-bond donors (Lipinski definition) is 1. The summed E-state index contributed by atoms with van der Waals surface area (Å²) < 4.78 is 0. The number of nitrogens with one attached hydrogen (secondary N) is 1. The van der Waals surface area contributed by atoms with Gasteiger partial charge in [0, 0.05) is 13.0 Å². The van der Waals surface area contributed by atoms with Crippen LogP contribution in [0.4, 0.5) is 0 Å². The summed E-state index contributed by atoms with van der Waals surface area (Å²) in [4.78, 5) is 11.2. The van der Waals surface area contributed by atoms with Crippen molar-refractivity contribution >= 4 is 5.91 Å². The van der Waals surface area contributed by atoms with Gasteiger partial charge in [-0.25, -0.2) is 0 Å². The Morgan fingerprint density at radius 3 is 2.72 bits per heavy atom. The predicted molar refractivity (Wildman–Crippen MR) is 76.6 cm³/mol. The molecule has 1 aromatic carbocycles. The van der Waals surface area contributed by atoms with Gasteiger partial charge in [-0.15, -0.1) is 0 Å². The summed E-state index contributed by atoms with van der Waals surface area (Å²) in [5.41, 5.74) is 2.73. The lowest BCUT2D eigenvalue weighted by molar-refractivity contribution is -0.120. The molecule has 0 saturated heterocycles. The van der Waals surface area contributed by atoms with Gasteiger partial charge >= 0.3 is 0 Å². The molecule has 100 valence electrons. The second-order valence-electron chi connectivity index (χ2n) is 4.96. The number of carbonyl (C=O) groups excluding carboxylic acids is 1. The highest BCUT2D eigenvalue weighted by molar-refractivity contribution is 5.75. The van der Waals surface area contributed by atoms with Crippen LogP contribution in [0.3, 0.4) is 0 Å². The van der Waals surface area contributed by atoms with Gasteiger partial charge in [-0.3, -0.25) is 4.79 Å². The van der Waals surface area contributed by atoms with Gasteiger partial charge in [-0.1, -0.05) is 50.1 Å². The van der Waals surface area contributed by atoms with Crippen LogP contribution in [-0.4, -0.2) is 12.5 Å². The van der Waals surface area contributed by atoms with Gasteiger partial charge in [0.05, 0.1) is 0 Å². The molecule has 1 atom stereocenters. The Hall–Kier alpha value is -1.31. The van der Waals surface area contributed by atoms with E-state index in [9.17, 15) is 4.79 Å². The van der Waals surface area contributed by atoms with Crippen LogP contribution < -0.4 is 5.32 Å². The van der Waals surface area contributed by atoms with Crippen molar-refractivity contribution < 1.29 is 4.79 Å². The maximum Gasteiger partial charge on any atom is 0.219 e. The van der Waals surface area contributed by atoms with Crippen LogP contribution in [0.5, 0.6) is 0 Å². The fourth-order valence-corrected chi connectivity index (χ4v) is 2.16. The average molecular weight is 247 g/mol. The zero-order chi connectivity index (χ0) is 13.4. The number of amides is 1. The molecule has 2 heteroatoms. The molecule has 0 spiro atoms. The van der Waals surface area contributed by atoms with Gasteiger partial charge in [-0.05, 0) is 31.2 Å². The second kappa shape index (κ2) is 7.91. The molecule has 2 nitrogen and oxygen atoms in total. The van der Waals surface area contributed by atoms with E-state index in [4.69, 9.17) is 0 Å². The Balaban J connectivity index is 2.40. The van der Waals surface area contributed by atoms with E-state index in [-0.39, 0.29) is 5.91 Å². The largest absolute Gasteiger partial charge is 0.356 e. The monoisotopic (exact) mass is 247 g/mol. The first-order valence-electron chi connectivity index (χ1n) is 6.98. The summed E-state index contributed by atoms with van der Waals surface area (Å²) in [6.07, 6.45) is 3.92. The minimum atomic E-state index is 0.153. The normalized spacial score (nSPS) is 12.2. The van der Waals surface area contributed by atoms with E-state index in [0.29, 0.717) is 12.3 Å². The van der Waals surface area contributed by atoms with Crippen molar-refractivity contribution in [3.8, 4) is 0 Å². The van der Waals surface area contributed by atoms with E-state index in [1.165, 1.54) is 11.1 Å². The van der Waals surface area contributed by atoms with E-state index >= 15 is 0 Å². The smallest absolute Gasteiger partial charge is 0.219 e. The standard InChI is InChI=1S/C16H25NO/c1-4-14(9-10-17-16(18)5-2)12-15-8-6-7-13(3)11-15/h6-8,11,14H,4-5,9-10,12H2,1-3H3,(H,17,18). The summed E-state index contributed by atoms with van der Waals surface area (Å²) in [6, 6.07) is 8.70. The number of carbonyl (C=O) groups is 1. The van der Waals surface area contributed by atoms with Gasteiger partial charge in [0.2, 0.25) is 5.91 Å². The van der Waals surface area contributed by atoms with Crippen molar-refractivity contribution in [1.82, 2.24) is 5.32 Å². The van der Waals surface area contributed by atoms with E-state index in [1.807, 2.05) is 6.92 Å². The molecule has 0 heterocycles. The molecule has 0 aliphatic heterocycles. The molecule has 0 aliphatic rings. The number of rotatable bonds is 7. The quantitative estimate of drug-likeness (QED) is 0.785. The van der Waals surface area contributed by atoms with Crippen LogP contribution >= 0.6 is 0 Å². The van der Waals surface area contributed by atoms with Gasteiger partial charge in [0.1, 0.15) is 0 Å². The van der Waals surface area contributed by atoms with Crippen LogP contribution in [0.15, 0.2) is 24.3 Å². The molecule has 1 aromatic rings. The zero-order valence-corrected chi connectivity index (χ0v) is 11.8. The first-order chi connectivity index (χ1) is 8.65. The van der Waals surface area contributed by atoms with Crippen LogP contribution in [0, 0.1) is 12.8 Å².